The highest BCUT2D eigenvalue weighted by Crippen LogP contribution is 2.43. The van der Waals surface area contributed by atoms with Crippen molar-refractivity contribution in [1.82, 2.24) is 4.57 Å². The second-order valence-electron chi connectivity index (χ2n) is 9.74. The maximum Gasteiger partial charge on any atom is 0.417 e. The van der Waals surface area contributed by atoms with Crippen LogP contribution in [0.5, 0.6) is 0 Å². The number of alkyl halides is 3. The zero-order valence-electron chi connectivity index (χ0n) is 22.3. The van der Waals surface area contributed by atoms with Gasteiger partial charge in [0.05, 0.1) is 5.57 Å². The van der Waals surface area contributed by atoms with Gasteiger partial charge in [0.2, 0.25) is 0 Å². The number of halogens is 3. The fraction of sp³-hybridized carbons (Fsp3) is 0.600. The number of aryl methyl sites for hydroxylation is 3. The van der Waals surface area contributed by atoms with E-state index in [-0.39, 0.29) is 6.61 Å². The molecule has 0 aliphatic heterocycles. The maximum absolute atomic E-state index is 14.6. The number of benzene rings is 1. The van der Waals surface area contributed by atoms with Crippen LogP contribution < -0.4 is 0 Å². The molecule has 0 aliphatic rings. The normalized spacial score (nSPS) is 13.3. The third-order valence-electron chi connectivity index (χ3n) is 6.94. The van der Waals surface area contributed by atoms with Crippen molar-refractivity contribution >= 4 is 16.5 Å². The minimum Gasteiger partial charge on any atom is -0.396 e. The van der Waals surface area contributed by atoms with Crippen molar-refractivity contribution in [2.24, 2.45) is 0 Å². The van der Waals surface area contributed by atoms with Crippen LogP contribution in [-0.2, 0) is 13.0 Å². The molecule has 0 unspecified atom stereocenters. The van der Waals surface area contributed by atoms with Gasteiger partial charge in [0.25, 0.3) is 0 Å². The van der Waals surface area contributed by atoms with E-state index in [1.807, 2.05) is 32.1 Å². The standard InChI is InChI=1S/C30H44F3NO/c1-6-8-12-15-22(3)21-26(30(31,32)33)29-25(16-9-7-2)17-18-27-28(29)23(4)24(5)34(27)19-13-10-11-14-20-35/h15,17-18,21,35H,6-14,16,19-20H2,1-5H3/b22-15+,26-21+. The molecule has 35 heavy (non-hydrogen) atoms. The Hall–Kier alpha value is -2.01. The van der Waals surface area contributed by atoms with Gasteiger partial charge in [-0.15, -0.1) is 0 Å². The number of nitrogens with zero attached hydrogens (tertiary/aromatic N) is 1. The number of aliphatic hydroxyl groups is 1. The summed E-state index contributed by atoms with van der Waals surface area (Å²) in [7, 11) is 0. The number of aliphatic hydroxyl groups excluding tert-OH is 1. The lowest BCUT2D eigenvalue weighted by Gasteiger charge is -2.19. The van der Waals surface area contributed by atoms with Crippen molar-refractivity contribution < 1.29 is 18.3 Å². The third-order valence-corrected chi connectivity index (χ3v) is 6.94. The minimum atomic E-state index is -4.44. The van der Waals surface area contributed by atoms with E-state index in [0.717, 1.165) is 92.1 Å². The SMILES string of the molecule is CCCC/C=C(C)/C=C(\c1c(CCCC)ccc2c1c(C)c(C)n2CCCCCCO)C(F)(F)F. The number of fused-ring (bicyclic) bond motifs is 1. The van der Waals surface area contributed by atoms with Crippen LogP contribution in [-0.4, -0.2) is 22.5 Å². The molecule has 2 nitrogen and oxygen atoms in total. The first-order valence-corrected chi connectivity index (χ1v) is 13.3. The average molecular weight is 492 g/mol. The van der Waals surface area contributed by atoms with Crippen LogP contribution in [0.4, 0.5) is 13.2 Å². The molecular formula is C30H44F3NO. The Labute approximate surface area is 209 Å². The van der Waals surface area contributed by atoms with E-state index < -0.39 is 11.7 Å². The molecule has 0 aliphatic carbocycles. The summed E-state index contributed by atoms with van der Waals surface area (Å²) in [5.74, 6) is 0. The number of allylic oxidation sites excluding steroid dienone is 4. The third kappa shape index (κ3) is 7.73. The predicted octanol–water partition coefficient (Wildman–Crippen LogP) is 9.24. The van der Waals surface area contributed by atoms with Gasteiger partial charge in [-0.2, -0.15) is 13.2 Å². The molecule has 0 spiro atoms. The van der Waals surface area contributed by atoms with E-state index in [9.17, 15) is 13.2 Å². The maximum atomic E-state index is 14.6. The van der Waals surface area contributed by atoms with Crippen molar-refractivity contribution in [3.05, 3.63) is 52.2 Å². The summed E-state index contributed by atoms with van der Waals surface area (Å²) in [5.41, 5.74) is 4.16. The van der Waals surface area contributed by atoms with Gasteiger partial charge >= 0.3 is 6.18 Å². The molecule has 2 aromatic rings. The van der Waals surface area contributed by atoms with Crippen LogP contribution in [0, 0.1) is 13.8 Å². The van der Waals surface area contributed by atoms with Crippen molar-refractivity contribution in [3.63, 3.8) is 0 Å². The van der Waals surface area contributed by atoms with E-state index in [4.69, 9.17) is 5.11 Å². The zero-order chi connectivity index (χ0) is 26.0. The van der Waals surface area contributed by atoms with E-state index in [0.29, 0.717) is 17.6 Å². The molecule has 2 rings (SSSR count). The highest BCUT2D eigenvalue weighted by Gasteiger charge is 2.37. The molecule has 5 heteroatoms. The molecular weight excluding hydrogens is 447 g/mol. The van der Waals surface area contributed by atoms with Crippen LogP contribution in [0.1, 0.15) is 101 Å². The van der Waals surface area contributed by atoms with Crippen LogP contribution in [0.2, 0.25) is 0 Å². The van der Waals surface area contributed by atoms with E-state index in [2.05, 4.69) is 18.4 Å². The van der Waals surface area contributed by atoms with Crippen LogP contribution >= 0.6 is 0 Å². The van der Waals surface area contributed by atoms with Crippen LogP contribution in [0.3, 0.4) is 0 Å². The summed E-state index contributed by atoms with van der Waals surface area (Å²) in [6.07, 6.45) is 7.76. The Bertz CT molecular complexity index is 1010. The quantitative estimate of drug-likeness (QED) is 0.207. The summed E-state index contributed by atoms with van der Waals surface area (Å²) < 4.78 is 46.1. The van der Waals surface area contributed by atoms with E-state index >= 15 is 0 Å². The summed E-state index contributed by atoms with van der Waals surface area (Å²) in [6.45, 7) is 10.9. The molecule has 0 fully saturated rings. The first kappa shape index (κ1) is 29.2. The number of unbranched alkanes of at least 4 members (excludes halogenated alkanes) is 6. The van der Waals surface area contributed by atoms with Gasteiger partial charge < -0.3 is 9.67 Å². The largest absolute Gasteiger partial charge is 0.417 e. The molecule has 0 saturated heterocycles. The number of rotatable bonds is 14. The second kappa shape index (κ2) is 13.9. The van der Waals surface area contributed by atoms with Gasteiger partial charge in [-0.05, 0) is 81.7 Å². The van der Waals surface area contributed by atoms with Crippen LogP contribution in [0.15, 0.2) is 29.9 Å². The summed E-state index contributed by atoms with van der Waals surface area (Å²) >= 11 is 0. The molecule has 0 radical (unpaired) electrons. The molecule has 196 valence electrons. The fourth-order valence-corrected chi connectivity index (χ4v) is 4.83. The van der Waals surface area contributed by atoms with Gasteiger partial charge in [0.1, 0.15) is 0 Å². The van der Waals surface area contributed by atoms with Crippen molar-refractivity contribution in [3.8, 4) is 0 Å². The Balaban J connectivity index is 2.70. The average Bonchev–Trinajstić information content (AvgIpc) is 3.05. The lowest BCUT2D eigenvalue weighted by Crippen LogP contribution is -2.13. The molecule has 0 bridgehead atoms. The highest BCUT2D eigenvalue weighted by atomic mass is 19.4. The first-order valence-electron chi connectivity index (χ1n) is 13.3. The molecule has 0 amide bonds. The summed E-state index contributed by atoms with van der Waals surface area (Å²) in [5, 5.41) is 9.77. The predicted molar refractivity (Wildman–Crippen MR) is 143 cm³/mol. The van der Waals surface area contributed by atoms with Gasteiger partial charge in [-0.25, -0.2) is 0 Å². The topological polar surface area (TPSA) is 25.2 Å². The smallest absolute Gasteiger partial charge is 0.396 e. The number of hydrogen-bond donors (Lipinski definition) is 1. The Kier molecular flexibility index (Phi) is 11.6. The molecule has 1 aromatic heterocycles. The lowest BCUT2D eigenvalue weighted by atomic mass is 9.89. The zero-order valence-corrected chi connectivity index (χ0v) is 22.3. The molecule has 1 heterocycles. The monoisotopic (exact) mass is 491 g/mol. The lowest BCUT2D eigenvalue weighted by molar-refractivity contribution is -0.0689. The van der Waals surface area contributed by atoms with E-state index in [1.54, 1.807) is 6.92 Å². The fourth-order valence-electron chi connectivity index (χ4n) is 4.83. The van der Waals surface area contributed by atoms with Gasteiger partial charge in [-0.1, -0.05) is 63.7 Å². The molecule has 0 atom stereocenters. The van der Waals surface area contributed by atoms with Gasteiger partial charge in [0, 0.05) is 29.7 Å². The number of aromatic nitrogens is 1. The van der Waals surface area contributed by atoms with Crippen molar-refractivity contribution in [2.45, 2.75) is 112 Å². The minimum absolute atomic E-state index is 0.202. The van der Waals surface area contributed by atoms with Crippen molar-refractivity contribution in [2.75, 3.05) is 6.61 Å². The first-order chi connectivity index (χ1) is 16.7. The number of hydrogen-bond acceptors (Lipinski definition) is 1. The van der Waals surface area contributed by atoms with Crippen molar-refractivity contribution in [1.29, 1.82) is 0 Å². The van der Waals surface area contributed by atoms with Crippen LogP contribution in [0.25, 0.3) is 16.5 Å². The Morgan fingerprint density at radius 2 is 1.66 bits per heavy atom. The van der Waals surface area contributed by atoms with Gasteiger partial charge in [-0.3, -0.25) is 0 Å². The van der Waals surface area contributed by atoms with Gasteiger partial charge in [0.15, 0.2) is 0 Å². The Morgan fingerprint density at radius 3 is 2.29 bits per heavy atom. The summed E-state index contributed by atoms with van der Waals surface area (Å²) in [6, 6.07) is 3.94. The Morgan fingerprint density at radius 1 is 0.971 bits per heavy atom. The second-order valence-corrected chi connectivity index (χ2v) is 9.74. The highest BCUT2D eigenvalue weighted by molar-refractivity contribution is 5.98. The molecule has 0 saturated carbocycles. The van der Waals surface area contributed by atoms with E-state index in [1.165, 1.54) is 6.08 Å². The summed E-state index contributed by atoms with van der Waals surface area (Å²) in [4.78, 5) is 0. The molecule has 1 aromatic carbocycles. The molecule has 1 N–H and O–H groups in total.